The number of carbonyl (C=O) groups is 1. The van der Waals surface area contributed by atoms with Crippen LogP contribution in [-0.4, -0.2) is 40.7 Å². The van der Waals surface area contributed by atoms with E-state index in [1.165, 1.54) is 42.5 Å². The van der Waals surface area contributed by atoms with E-state index in [0.717, 1.165) is 0 Å². The van der Waals surface area contributed by atoms with Gasteiger partial charge < -0.3 is 14.8 Å². The van der Waals surface area contributed by atoms with Crippen LogP contribution in [0.5, 0.6) is 5.75 Å². The molecule has 0 unspecified atom stereocenters. The zero-order valence-electron chi connectivity index (χ0n) is 15.2. The Kier molecular flexibility index (Phi) is 7.94. The van der Waals surface area contributed by atoms with Gasteiger partial charge in [0, 0.05) is 13.2 Å². The van der Waals surface area contributed by atoms with E-state index in [9.17, 15) is 13.2 Å². The molecule has 0 saturated heterocycles. The van der Waals surface area contributed by atoms with Crippen LogP contribution in [0.15, 0.2) is 47.4 Å². The molecule has 2 aromatic carbocycles. The van der Waals surface area contributed by atoms with Gasteiger partial charge in [-0.2, -0.15) is 0 Å². The summed E-state index contributed by atoms with van der Waals surface area (Å²) in [5.74, 6) is 0.0607. The molecule has 7 nitrogen and oxygen atoms in total. The van der Waals surface area contributed by atoms with E-state index < -0.39 is 10.0 Å². The van der Waals surface area contributed by atoms with E-state index in [0.29, 0.717) is 17.4 Å². The highest BCUT2D eigenvalue weighted by Crippen LogP contribution is 2.26. The van der Waals surface area contributed by atoms with Crippen molar-refractivity contribution in [2.45, 2.75) is 17.9 Å². The Labute approximate surface area is 174 Å². The Balaban J connectivity index is 1.97. The number of carbonyl (C=O) groups excluding carboxylic acids is 1. The average Bonchev–Trinajstić information content (AvgIpc) is 2.63. The number of hydrogen-bond acceptors (Lipinski definition) is 5. The Morgan fingerprint density at radius 2 is 1.79 bits per heavy atom. The Morgan fingerprint density at radius 3 is 2.39 bits per heavy atom. The molecule has 2 N–H and O–H groups in total. The molecule has 2 rings (SSSR count). The lowest BCUT2D eigenvalue weighted by Crippen LogP contribution is -2.38. The standard InChI is InChI=1S/C18H20Cl2N2O5S/c1-12(10-26-2)21-18(23)11-27-14-4-6-15(7-5-14)28(24,25)22-13-3-8-16(19)17(20)9-13/h3-9,12,22H,10-11H2,1-2H3,(H,21,23)/t12-/m0/s1. The van der Waals surface area contributed by atoms with E-state index in [1.807, 2.05) is 6.92 Å². The molecule has 0 heterocycles. The normalized spacial score (nSPS) is 12.3. The highest BCUT2D eigenvalue weighted by molar-refractivity contribution is 7.92. The van der Waals surface area contributed by atoms with Crippen molar-refractivity contribution >= 4 is 44.8 Å². The summed E-state index contributed by atoms with van der Waals surface area (Å²) in [6.07, 6.45) is 0. The van der Waals surface area contributed by atoms with Crippen molar-refractivity contribution in [2.75, 3.05) is 25.0 Å². The van der Waals surface area contributed by atoms with Crippen LogP contribution in [0.4, 0.5) is 5.69 Å². The van der Waals surface area contributed by atoms with Gasteiger partial charge in [0.05, 0.1) is 27.2 Å². The molecule has 10 heteroatoms. The fraction of sp³-hybridized carbons (Fsp3) is 0.278. The summed E-state index contributed by atoms with van der Waals surface area (Å²) in [5.41, 5.74) is 0.288. The predicted molar refractivity (Wildman–Crippen MR) is 109 cm³/mol. The molecule has 1 amide bonds. The maximum Gasteiger partial charge on any atom is 0.261 e. The molecule has 0 aliphatic rings. The third kappa shape index (κ3) is 6.56. The van der Waals surface area contributed by atoms with Gasteiger partial charge in [0.2, 0.25) is 0 Å². The number of rotatable bonds is 9. The molecule has 152 valence electrons. The lowest BCUT2D eigenvalue weighted by molar-refractivity contribution is -0.124. The summed E-state index contributed by atoms with van der Waals surface area (Å²) < 4.78 is 37.6. The Morgan fingerprint density at radius 1 is 1.11 bits per heavy atom. The molecule has 1 atom stereocenters. The highest BCUT2D eigenvalue weighted by Gasteiger charge is 2.15. The van der Waals surface area contributed by atoms with Crippen LogP contribution in [0.25, 0.3) is 0 Å². The minimum atomic E-state index is -3.81. The van der Waals surface area contributed by atoms with Crippen molar-refractivity contribution in [1.29, 1.82) is 0 Å². The fourth-order valence-electron chi connectivity index (χ4n) is 2.25. The van der Waals surface area contributed by atoms with Crippen molar-refractivity contribution in [3.05, 3.63) is 52.5 Å². The first kappa shape index (κ1) is 22.3. The van der Waals surface area contributed by atoms with Gasteiger partial charge in [-0.1, -0.05) is 23.2 Å². The number of hydrogen-bond donors (Lipinski definition) is 2. The lowest BCUT2D eigenvalue weighted by atomic mass is 10.3. The van der Waals surface area contributed by atoms with Crippen molar-refractivity contribution in [1.82, 2.24) is 5.32 Å². The fourth-order valence-corrected chi connectivity index (χ4v) is 3.59. The van der Waals surface area contributed by atoms with Crippen LogP contribution in [0.3, 0.4) is 0 Å². The first-order valence-corrected chi connectivity index (χ1v) is 10.4. The number of ether oxygens (including phenoxy) is 2. The number of halogens is 2. The average molecular weight is 447 g/mol. The first-order valence-electron chi connectivity index (χ1n) is 8.20. The highest BCUT2D eigenvalue weighted by atomic mass is 35.5. The molecule has 0 aliphatic heterocycles. The van der Waals surface area contributed by atoms with Crippen LogP contribution in [-0.2, 0) is 19.6 Å². The summed E-state index contributed by atoms with van der Waals surface area (Å²) in [4.78, 5) is 11.8. The molecule has 0 spiro atoms. The Hall–Kier alpha value is -2.00. The van der Waals surface area contributed by atoms with E-state index in [4.69, 9.17) is 32.7 Å². The zero-order valence-corrected chi connectivity index (χ0v) is 17.6. The minimum absolute atomic E-state index is 0.0316. The Bertz CT molecular complexity index is 920. The summed E-state index contributed by atoms with van der Waals surface area (Å²) in [6.45, 7) is 2.01. The molecule has 28 heavy (non-hydrogen) atoms. The number of anilines is 1. The van der Waals surface area contributed by atoms with Crippen LogP contribution in [0, 0.1) is 0 Å². The monoisotopic (exact) mass is 446 g/mol. The minimum Gasteiger partial charge on any atom is -0.484 e. The summed E-state index contributed by atoms with van der Waals surface area (Å²) >= 11 is 11.7. The van der Waals surface area contributed by atoms with Gasteiger partial charge in [-0.25, -0.2) is 8.42 Å². The van der Waals surface area contributed by atoms with Gasteiger partial charge in [-0.3, -0.25) is 9.52 Å². The number of benzene rings is 2. The van der Waals surface area contributed by atoms with Crippen LogP contribution in [0.2, 0.25) is 10.0 Å². The third-order valence-electron chi connectivity index (χ3n) is 3.50. The number of sulfonamides is 1. The van der Waals surface area contributed by atoms with Crippen molar-refractivity contribution in [2.24, 2.45) is 0 Å². The summed E-state index contributed by atoms with van der Waals surface area (Å²) in [7, 11) is -2.27. The van der Waals surface area contributed by atoms with Gasteiger partial charge in [-0.15, -0.1) is 0 Å². The number of methoxy groups -OCH3 is 1. The van der Waals surface area contributed by atoms with E-state index >= 15 is 0 Å². The second kappa shape index (κ2) is 9.97. The van der Waals surface area contributed by atoms with E-state index in [1.54, 1.807) is 7.11 Å². The maximum absolute atomic E-state index is 12.5. The van der Waals surface area contributed by atoms with Gasteiger partial charge in [0.15, 0.2) is 6.61 Å². The van der Waals surface area contributed by atoms with Crippen molar-refractivity contribution in [3.63, 3.8) is 0 Å². The van der Waals surface area contributed by atoms with Crippen molar-refractivity contribution < 1.29 is 22.7 Å². The lowest BCUT2D eigenvalue weighted by Gasteiger charge is -2.13. The smallest absolute Gasteiger partial charge is 0.261 e. The van der Waals surface area contributed by atoms with Crippen LogP contribution >= 0.6 is 23.2 Å². The molecule has 2 aromatic rings. The second-order valence-electron chi connectivity index (χ2n) is 5.92. The molecule has 0 aliphatic carbocycles. The van der Waals surface area contributed by atoms with Gasteiger partial charge in [0.25, 0.3) is 15.9 Å². The van der Waals surface area contributed by atoms with Crippen molar-refractivity contribution in [3.8, 4) is 5.75 Å². The van der Waals surface area contributed by atoms with E-state index in [2.05, 4.69) is 10.0 Å². The van der Waals surface area contributed by atoms with Crippen LogP contribution < -0.4 is 14.8 Å². The predicted octanol–water partition coefficient (Wildman–Crippen LogP) is 3.32. The molecule has 0 bridgehead atoms. The maximum atomic E-state index is 12.5. The van der Waals surface area contributed by atoms with Gasteiger partial charge in [-0.05, 0) is 49.4 Å². The largest absolute Gasteiger partial charge is 0.484 e. The molecular formula is C18H20Cl2N2O5S. The number of nitrogens with one attached hydrogen (secondary N) is 2. The van der Waals surface area contributed by atoms with Gasteiger partial charge in [0.1, 0.15) is 5.75 Å². The summed E-state index contributed by atoms with van der Waals surface area (Å²) in [5, 5.41) is 3.27. The van der Waals surface area contributed by atoms with E-state index in [-0.39, 0.29) is 34.2 Å². The second-order valence-corrected chi connectivity index (χ2v) is 8.42. The molecular weight excluding hydrogens is 427 g/mol. The molecule has 0 aromatic heterocycles. The number of amides is 1. The topological polar surface area (TPSA) is 93.7 Å². The third-order valence-corrected chi connectivity index (χ3v) is 5.64. The quantitative estimate of drug-likeness (QED) is 0.615. The molecule has 0 radical (unpaired) electrons. The van der Waals surface area contributed by atoms with Gasteiger partial charge >= 0.3 is 0 Å². The SMILES string of the molecule is COC[C@H](C)NC(=O)COc1ccc(S(=O)(=O)Nc2ccc(Cl)c(Cl)c2)cc1. The van der Waals surface area contributed by atoms with Crippen LogP contribution in [0.1, 0.15) is 6.92 Å². The molecule has 0 fully saturated rings. The molecule has 0 saturated carbocycles. The summed E-state index contributed by atoms with van der Waals surface area (Å²) in [6, 6.07) is 9.97. The zero-order chi connectivity index (χ0) is 20.7. The first-order chi connectivity index (χ1) is 13.2.